The number of aryl methyl sites for hydroxylation is 1. The van der Waals surface area contributed by atoms with Crippen molar-refractivity contribution < 1.29 is 19.5 Å². The number of carboxylic acid groups (broad SMARTS) is 1. The zero-order valence-electron chi connectivity index (χ0n) is 9.70. The standard InChI is InChI=1S/C13H13NO4/c15-8-14(7-12(16)17)11-6-5-9-3-1-2-4-10(9)13(11)18/h1-4,8,11H,5-7H2,(H,16,17). The number of hydrogen-bond acceptors (Lipinski definition) is 3. The van der Waals surface area contributed by atoms with Crippen LogP contribution in [0.2, 0.25) is 0 Å². The van der Waals surface area contributed by atoms with Crippen molar-refractivity contribution in [3.63, 3.8) is 0 Å². The van der Waals surface area contributed by atoms with Crippen molar-refractivity contribution in [3.8, 4) is 0 Å². The summed E-state index contributed by atoms with van der Waals surface area (Å²) in [6.45, 7) is -0.442. The van der Waals surface area contributed by atoms with E-state index in [1.807, 2.05) is 12.1 Å². The summed E-state index contributed by atoms with van der Waals surface area (Å²) in [6.07, 6.45) is 1.59. The lowest BCUT2D eigenvalue weighted by atomic mass is 9.86. The Morgan fingerprint density at radius 3 is 2.83 bits per heavy atom. The molecule has 1 atom stereocenters. The molecule has 0 spiro atoms. The number of nitrogens with zero attached hydrogens (tertiary/aromatic N) is 1. The van der Waals surface area contributed by atoms with Crippen LogP contribution in [-0.2, 0) is 16.0 Å². The predicted octanol–water partition coefficient (Wildman–Crippen LogP) is 0.727. The number of Topliss-reactive ketones (excluding diaryl/α,β-unsaturated/α-hetero) is 1. The monoisotopic (exact) mass is 247 g/mol. The van der Waals surface area contributed by atoms with Crippen molar-refractivity contribution in [2.75, 3.05) is 6.54 Å². The summed E-state index contributed by atoms with van der Waals surface area (Å²) >= 11 is 0. The van der Waals surface area contributed by atoms with E-state index in [0.717, 1.165) is 10.5 Å². The Morgan fingerprint density at radius 1 is 1.44 bits per heavy atom. The third-order valence-corrected chi connectivity index (χ3v) is 3.13. The van der Waals surface area contributed by atoms with Crippen molar-refractivity contribution >= 4 is 18.2 Å². The maximum absolute atomic E-state index is 12.2. The van der Waals surface area contributed by atoms with Crippen molar-refractivity contribution in [3.05, 3.63) is 35.4 Å². The molecule has 5 nitrogen and oxygen atoms in total. The molecule has 0 saturated carbocycles. The third-order valence-electron chi connectivity index (χ3n) is 3.13. The Kier molecular flexibility index (Phi) is 3.41. The number of aliphatic carboxylic acids is 1. The van der Waals surface area contributed by atoms with E-state index in [0.29, 0.717) is 24.8 Å². The molecule has 0 fully saturated rings. The van der Waals surface area contributed by atoms with Gasteiger partial charge in [-0.05, 0) is 18.4 Å². The van der Waals surface area contributed by atoms with Crippen LogP contribution in [0.5, 0.6) is 0 Å². The molecule has 1 N–H and O–H groups in total. The van der Waals surface area contributed by atoms with Gasteiger partial charge in [0.15, 0.2) is 5.78 Å². The first-order chi connectivity index (χ1) is 8.63. The van der Waals surface area contributed by atoms with Gasteiger partial charge in [-0.15, -0.1) is 0 Å². The van der Waals surface area contributed by atoms with Crippen LogP contribution in [0.3, 0.4) is 0 Å². The van der Waals surface area contributed by atoms with Crippen molar-refractivity contribution in [1.29, 1.82) is 0 Å². The second kappa shape index (κ2) is 5.00. The highest BCUT2D eigenvalue weighted by Gasteiger charge is 2.31. The molecule has 18 heavy (non-hydrogen) atoms. The minimum atomic E-state index is -1.12. The number of carboxylic acids is 1. The van der Waals surface area contributed by atoms with Gasteiger partial charge in [0.2, 0.25) is 6.41 Å². The molecule has 0 radical (unpaired) electrons. The quantitative estimate of drug-likeness (QED) is 0.796. The van der Waals surface area contributed by atoms with Crippen LogP contribution in [0, 0.1) is 0 Å². The van der Waals surface area contributed by atoms with E-state index in [1.54, 1.807) is 12.1 Å². The molecule has 1 unspecified atom stereocenters. The SMILES string of the molecule is O=CN(CC(=O)O)C1CCc2ccccc2C1=O. The number of carbonyl (C=O) groups excluding carboxylic acids is 2. The molecule has 1 aromatic rings. The van der Waals surface area contributed by atoms with E-state index >= 15 is 0 Å². The van der Waals surface area contributed by atoms with Crippen molar-refractivity contribution in [2.24, 2.45) is 0 Å². The highest BCUT2D eigenvalue weighted by Crippen LogP contribution is 2.23. The van der Waals surface area contributed by atoms with Gasteiger partial charge in [-0.3, -0.25) is 14.4 Å². The molecule has 0 aromatic heterocycles. The fraction of sp³-hybridized carbons (Fsp3) is 0.308. The highest BCUT2D eigenvalue weighted by molar-refractivity contribution is 6.03. The maximum Gasteiger partial charge on any atom is 0.323 e. The van der Waals surface area contributed by atoms with Gasteiger partial charge < -0.3 is 10.0 Å². The largest absolute Gasteiger partial charge is 0.480 e. The molecular weight excluding hydrogens is 234 g/mol. The second-order valence-electron chi connectivity index (χ2n) is 4.25. The predicted molar refractivity (Wildman–Crippen MR) is 63.3 cm³/mol. The number of hydrogen-bond donors (Lipinski definition) is 1. The first-order valence-electron chi connectivity index (χ1n) is 5.68. The molecule has 0 aliphatic heterocycles. The zero-order valence-corrected chi connectivity index (χ0v) is 9.70. The molecule has 0 saturated heterocycles. The molecule has 1 aliphatic carbocycles. The van der Waals surface area contributed by atoms with Gasteiger partial charge in [-0.1, -0.05) is 24.3 Å². The highest BCUT2D eigenvalue weighted by atomic mass is 16.4. The minimum absolute atomic E-state index is 0.176. The van der Waals surface area contributed by atoms with Crippen LogP contribution in [0.1, 0.15) is 22.3 Å². The Bertz CT molecular complexity index is 498. The lowest BCUT2D eigenvalue weighted by molar-refractivity contribution is -0.141. The molecule has 94 valence electrons. The molecule has 1 amide bonds. The van der Waals surface area contributed by atoms with Gasteiger partial charge in [-0.25, -0.2) is 0 Å². The molecule has 0 bridgehead atoms. The van der Waals surface area contributed by atoms with Crippen LogP contribution in [0.25, 0.3) is 0 Å². The number of carbonyl (C=O) groups is 3. The lowest BCUT2D eigenvalue weighted by Crippen LogP contribution is -2.45. The summed E-state index contributed by atoms with van der Waals surface area (Å²) in [7, 11) is 0. The maximum atomic E-state index is 12.2. The van der Waals surface area contributed by atoms with Crippen molar-refractivity contribution in [1.82, 2.24) is 4.90 Å². The van der Waals surface area contributed by atoms with E-state index in [-0.39, 0.29) is 5.78 Å². The van der Waals surface area contributed by atoms with Gasteiger partial charge in [0.1, 0.15) is 6.54 Å². The molecule has 5 heteroatoms. The number of fused-ring (bicyclic) bond motifs is 1. The summed E-state index contributed by atoms with van der Waals surface area (Å²) < 4.78 is 0. The molecule has 0 heterocycles. The Morgan fingerprint density at radius 2 is 2.17 bits per heavy atom. The van der Waals surface area contributed by atoms with Gasteiger partial charge in [0.25, 0.3) is 0 Å². The summed E-state index contributed by atoms with van der Waals surface area (Å²) in [5, 5.41) is 8.72. The summed E-state index contributed by atoms with van der Waals surface area (Å²) in [5.74, 6) is -1.29. The molecule has 1 aliphatic rings. The van der Waals surface area contributed by atoms with Crippen molar-refractivity contribution in [2.45, 2.75) is 18.9 Å². The topological polar surface area (TPSA) is 74.7 Å². The fourth-order valence-electron chi connectivity index (χ4n) is 2.28. The van der Waals surface area contributed by atoms with E-state index in [1.165, 1.54) is 0 Å². The number of ketones is 1. The first-order valence-corrected chi connectivity index (χ1v) is 5.68. The molecule has 1 aromatic carbocycles. The second-order valence-corrected chi connectivity index (χ2v) is 4.25. The summed E-state index contributed by atoms with van der Waals surface area (Å²) in [4.78, 5) is 34.8. The number of amides is 1. The van der Waals surface area contributed by atoms with Crippen LogP contribution in [0.15, 0.2) is 24.3 Å². The Labute approximate surface area is 104 Å². The van der Waals surface area contributed by atoms with E-state index < -0.39 is 18.6 Å². The summed E-state index contributed by atoms with van der Waals surface area (Å²) in [6, 6.07) is 6.57. The Balaban J connectivity index is 2.25. The van der Waals surface area contributed by atoms with Gasteiger partial charge >= 0.3 is 5.97 Å². The Hall–Kier alpha value is -2.17. The number of benzene rings is 1. The molecular formula is C13H13NO4. The van der Waals surface area contributed by atoms with E-state index in [4.69, 9.17) is 5.11 Å². The average molecular weight is 247 g/mol. The average Bonchev–Trinajstić information content (AvgIpc) is 2.37. The van der Waals surface area contributed by atoms with Crippen LogP contribution in [0.4, 0.5) is 0 Å². The van der Waals surface area contributed by atoms with Crippen LogP contribution < -0.4 is 0 Å². The zero-order chi connectivity index (χ0) is 13.1. The minimum Gasteiger partial charge on any atom is -0.480 e. The smallest absolute Gasteiger partial charge is 0.323 e. The normalized spacial score (nSPS) is 18.0. The van der Waals surface area contributed by atoms with Crippen LogP contribution in [-0.4, -0.2) is 40.8 Å². The third kappa shape index (κ3) is 2.25. The van der Waals surface area contributed by atoms with Gasteiger partial charge in [0, 0.05) is 5.56 Å². The first kappa shape index (κ1) is 12.3. The molecule has 2 rings (SSSR count). The van der Waals surface area contributed by atoms with Gasteiger partial charge in [0.05, 0.1) is 6.04 Å². The van der Waals surface area contributed by atoms with Crippen LogP contribution >= 0.6 is 0 Å². The fourth-order valence-corrected chi connectivity index (χ4v) is 2.28. The van der Waals surface area contributed by atoms with E-state index in [2.05, 4.69) is 0 Å². The number of rotatable bonds is 4. The summed E-state index contributed by atoms with van der Waals surface area (Å²) in [5.41, 5.74) is 1.55. The van der Waals surface area contributed by atoms with Gasteiger partial charge in [-0.2, -0.15) is 0 Å². The lowest BCUT2D eigenvalue weighted by Gasteiger charge is -2.30. The van der Waals surface area contributed by atoms with E-state index in [9.17, 15) is 14.4 Å².